The van der Waals surface area contributed by atoms with Crippen molar-refractivity contribution in [1.82, 2.24) is 0 Å². The van der Waals surface area contributed by atoms with Crippen LogP contribution in [0.4, 0.5) is 0 Å². The van der Waals surface area contributed by atoms with Crippen molar-refractivity contribution in [3.8, 4) is 0 Å². The molecule has 5 nitrogen and oxygen atoms in total. The van der Waals surface area contributed by atoms with Crippen molar-refractivity contribution in [3.05, 3.63) is 48.0 Å². The summed E-state index contributed by atoms with van der Waals surface area (Å²) in [4.78, 5) is 10.4. The average Bonchev–Trinajstić information content (AvgIpc) is 2.67. The molecule has 5 heteroatoms. The number of carbonyl (C=O) groups is 1. The van der Waals surface area contributed by atoms with Gasteiger partial charge < -0.3 is 15.9 Å². The number of aliphatic hydroxyl groups is 1. The molecule has 0 aliphatic heterocycles. The van der Waals surface area contributed by atoms with Crippen molar-refractivity contribution >= 4 is 11.8 Å². The van der Waals surface area contributed by atoms with E-state index in [1.54, 1.807) is 6.08 Å². The summed E-state index contributed by atoms with van der Waals surface area (Å²) in [6.07, 6.45) is 8.61. The summed E-state index contributed by atoms with van der Waals surface area (Å²) in [6.45, 7) is 13.8. The molecule has 1 aromatic carbocycles. The van der Waals surface area contributed by atoms with Crippen molar-refractivity contribution < 1.29 is 15.0 Å². The Morgan fingerprint density at radius 2 is 1.50 bits per heavy atom. The van der Waals surface area contributed by atoms with Gasteiger partial charge in [-0.2, -0.15) is 0 Å². The molecule has 0 amide bonds. The highest BCUT2D eigenvalue weighted by atomic mass is 16.4. The first-order chi connectivity index (χ1) is 14.2. The normalized spacial score (nSPS) is 10.1. The zero-order chi connectivity index (χ0) is 23.8. The maximum atomic E-state index is 10.4. The van der Waals surface area contributed by atoms with Gasteiger partial charge in [0.05, 0.1) is 6.10 Å². The zero-order valence-electron chi connectivity index (χ0n) is 19.9. The number of unbranched alkanes of at least 4 members (excludes halogenated alkanes) is 1. The molecule has 1 unspecified atom stereocenters. The molecule has 0 heterocycles. The highest BCUT2D eigenvalue weighted by molar-refractivity contribution is 5.94. The monoisotopic (exact) mass is 422 g/mol. The molecule has 0 aliphatic rings. The third-order valence-electron chi connectivity index (χ3n) is 3.45. The van der Waals surface area contributed by atoms with Gasteiger partial charge in [-0.15, -0.1) is 6.58 Å². The molecule has 5 N–H and O–H groups in total. The van der Waals surface area contributed by atoms with Crippen LogP contribution in [0, 0.1) is 5.41 Å². The van der Waals surface area contributed by atoms with E-state index in [1.165, 1.54) is 18.4 Å². The topological polar surface area (TPSA) is 107 Å². The first-order valence-corrected chi connectivity index (χ1v) is 11.1. The molecule has 1 aromatic rings. The molecule has 0 fully saturated rings. The van der Waals surface area contributed by atoms with Gasteiger partial charge in [0, 0.05) is 12.0 Å². The summed E-state index contributed by atoms with van der Waals surface area (Å²) in [5.74, 6) is -0.734. The molecule has 0 radical (unpaired) electrons. The van der Waals surface area contributed by atoms with Crippen molar-refractivity contribution in [3.63, 3.8) is 0 Å². The number of aliphatic hydroxyl groups excluding tert-OH is 1. The predicted molar refractivity (Wildman–Crippen MR) is 130 cm³/mol. The van der Waals surface area contributed by atoms with Crippen LogP contribution in [0.1, 0.15) is 97.1 Å². The lowest BCUT2D eigenvalue weighted by Gasteiger charge is -2.09. The molecule has 1 atom stereocenters. The Morgan fingerprint density at radius 3 is 1.90 bits per heavy atom. The van der Waals surface area contributed by atoms with Crippen LogP contribution in [0.25, 0.3) is 0 Å². The van der Waals surface area contributed by atoms with Crippen LogP contribution < -0.4 is 5.73 Å². The summed E-state index contributed by atoms with van der Waals surface area (Å²) in [6, 6.07) is 7.64. The van der Waals surface area contributed by atoms with Gasteiger partial charge in [-0.25, -0.2) is 0 Å². The molecule has 0 aliphatic carbocycles. The molecule has 174 valence electrons. The first-order valence-electron chi connectivity index (χ1n) is 11.1. The summed E-state index contributed by atoms with van der Waals surface area (Å²) in [5.41, 5.74) is 7.32. The molecule has 0 spiro atoms. The number of rotatable bonds is 10. The van der Waals surface area contributed by atoms with Crippen LogP contribution in [0.2, 0.25) is 0 Å². The first kappa shape index (κ1) is 32.5. The SMILES string of the molecule is C=CC.CCC.CCC.N=C(N)c1ccc(CCCCC(O)CCCC(=O)O)cc1. The van der Waals surface area contributed by atoms with Crippen molar-refractivity contribution in [2.75, 3.05) is 0 Å². The Hall–Kier alpha value is -2.14. The molecule has 30 heavy (non-hydrogen) atoms. The fourth-order valence-corrected chi connectivity index (χ4v) is 2.19. The lowest BCUT2D eigenvalue weighted by Crippen LogP contribution is -2.10. The second-order valence-corrected chi connectivity index (χ2v) is 7.12. The quantitative estimate of drug-likeness (QED) is 0.153. The number of amidine groups is 1. The van der Waals surface area contributed by atoms with Crippen molar-refractivity contribution in [2.45, 2.75) is 98.5 Å². The van der Waals surface area contributed by atoms with Crippen molar-refractivity contribution in [1.29, 1.82) is 5.41 Å². The Bertz CT molecular complexity index is 526. The second-order valence-electron chi connectivity index (χ2n) is 7.12. The number of nitrogen functional groups attached to an aromatic ring is 1. The lowest BCUT2D eigenvalue weighted by atomic mass is 10.0. The summed E-state index contributed by atoms with van der Waals surface area (Å²) in [7, 11) is 0. The molecular formula is C25H46N2O3. The maximum Gasteiger partial charge on any atom is 0.303 e. The fraction of sp³-hybridized carbons (Fsp3) is 0.600. The molecule has 1 rings (SSSR count). The van der Waals surface area contributed by atoms with E-state index in [1.807, 2.05) is 31.2 Å². The summed E-state index contributed by atoms with van der Waals surface area (Å²) in [5, 5.41) is 25.6. The Balaban J connectivity index is -0.000000690. The number of carboxylic acids is 1. The summed E-state index contributed by atoms with van der Waals surface area (Å²) < 4.78 is 0. The van der Waals surface area contributed by atoms with E-state index in [4.69, 9.17) is 16.2 Å². The number of aryl methyl sites for hydroxylation is 1. The van der Waals surface area contributed by atoms with Gasteiger partial charge in [-0.05, 0) is 44.6 Å². The Labute approximate surface area is 184 Å². The Morgan fingerprint density at radius 1 is 1.07 bits per heavy atom. The average molecular weight is 423 g/mol. The highest BCUT2D eigenvalue weighted by Crippen LogP contribution is 2.12. The van der Waals surface area contributed by atoms with E-state index in [9.17, 15) is 9.90 Å². The lowest BCUT2D eigenvalue weighted by molar-refractivity contribution is -0.137. The van der Waals surface area contributed by atoms with Gasteiger partial charge >= 0.3 is 5.97 Å². The van der Waals surface area contributed by atoms with Crippen molar-refractivity contribution in [2.24, 2.45) is 5.73 Å². The second kappa shape index (κ2) is 24.9. The van der Waals surface area contributed by atoms with Crippen LogP contribution in [0.3, 0.4) is 0 Å². The number of hydrogen-bond donors (Lipinski definition) is 4. The largest absolute Gasteiger partial charge is 0.481 e. The Kier molecular flexibility index (Phi) is 27.0. The molecule has 0 bridgehead atoms. The number of hydrogen-bond acceptors (Lipinski definition) is 3. The van der Waals surface area contributed by atoms with Gasteiger partial charge in [-0.1, -0.05) is 77.3 Å². The molecule has 0 aromatic heterocycles. The minimum Gasteiger partial charge on any atom is -0.481 e. The van der Waals surface area contributed by atoms with Crippen LogP contribution in [0.5, 0.6) is 0 Å². The number of nitrogens with two attached hydrogens (primary N) is 1. The number of aliphatic carboxylic acids is 1. The van der Waals surface area contributed by atoms with Gasteiger partial charge in [0.1, 0.15) is 5.84 Å². The maximum absolute atomic E-state index is 10.4. The van der Waals surface area contributed by atoms with Gasteiger partial charge in [0.2, 0.25) is 0 Å². The smallest absolute Gasteiger partial charge is 0.303 e. The zero-order valence-corrected chi connectivity index (χ0v) is 19.9. The molecule has 0 saturated carbocycles. The third kappa shape index (κ3) is 25.9. The van der Waals surface area contributed by atoms with E-state index in [-0.39, 0.29) is 12.3 Å². The van der Waals surface area contributed by atoms with Gasteiger partial charge in [0.25, 0.3) is 0 Å². The number of carboxylic acid groups (broad SMARTS) is 1. The number of benzene rings is 1. The van der Waals surface area contributed by atoms with Crippen LogP contribution in [0.15, 0.2) is 36.9 Å². The van der Waals surface area contributed by atoms with Gasteiger partial charge in [0.15, 0.2) is 0 Å². The number of allylic oxidation sites excluding steroid dienone is 1. The number of nitrogens with one attached hydrogen (secondary N) is 1. The minimum atomic E-state index is -0.809. The third-order valence-corrected chi connectivity index (χ3v) is 3.45. The fourth-order valence-electron chi connectivity index (χ4n) is 2.19. The highest BCUT2D eigenvalue weighted by Gasteiger charge is 2.06. The van der Waals surface area contributed by atoms with E-state index < -0.39 is 12.1 Å². The predicted octanol–water partition coefficient (Wildman–Crippen LogP) is 6.32. The molecular weight excluding hydrogens is 376 g/mol. The van der Waals surface area contributed by atoms with Crippen LogP contribution in [-0.4, -0.2) is 28.1 Å². The van der Waals surface area contributed by atoms with Gasteiger partial charge in [-0.3, -0.25) is 10.2 Å². The molecule has 0 saturated heterocycles. The van der Waals surface area contributed by atoms with Crippen LogP contribution in [-0.2, 0) is 11.2 Å². The van der Waals surface area contributed by atoms with E-state index in [2.05, 4.69) is 34.3 Å². The van der Waals surface area contributed by atoms with Crippen LogP contribution >= 0.6 is 0 Å². The standard InChI is InChI=1S/C16H24N2O3.2C3H8.C3H6/c17-16(18)13-10-8-12(9-11-13)4-1-2-5-14(19)6-3-7-15(20)21;3*1-3-2/h8-11,14,19H,1-7H2,(H3,17,18)(H,20,21);2*3H2,1-2H3;3H,1H2,2H3. The summed E-state index contributed by atoms with van der Waals surface area (Å²) >= 11 is 0. The van der Waals surface area contributed by atoms with E-state index in [0.29, 0.717) is 19.3 Å². The van der Waals surface area contributed by atoms with E-state index in [0.717, 1.165) is 24.8 Å². The van der Waals surface area contributed by atoms with E-state index >= 15 is 0 Å². The minimum absolute atomic E-state index is 0.0750.